The third kappa shape index (κ3) is 2.60. The quantitative estimate of drug-likeness (QED) is 0.718. The minimum Gasteiger partial charge on any atom is -0.508 e. The molecule has 0 fully saturated rings. The van der Waals surface area contributed by atoms with E-state index in [4.69, 9.17) is 8.85 Å². The lowest BCUT2D eigenvalue weighted by molar-refractivity contribution is 0.202. The van der Waals surface area contributed by atoms with E-state index < -0.39 is 0 Å². The highest BCUT2D eigenvalue weighted by Crippen LogP contribution is 2.09. The van der Waals surface area contributed by atoms with Gasteiger partial charge in [-0.25, -0.2) is 0 Å². The van der Waals surface area contributed by atoms with E-state index in [9.17, 15) is 5.11 Å². The van der Waals surface area contributed by atoms with Crippen molar-refractivity contribution < 1.29 is 14.0 Å². The molecule has 1 N–H and O–H groups in total. The fourth-order valence-electron chi connectivity index (χ4n) is 0.706. The average molecular weight is 155 g/mol. The Morgan fingerprint density at radius 1 is 1.55 bits per heavy atom. The van der Waals surface area contributed by atoms with E-state index in [1.54, 1.807) is 0 Å². The Morgan fingerprint density at radius 3 is 3.09 bits per heavy atom. The maximum Gasteiger partial charge on any atom is 0.115 e. The number of aromatic hydroxyl groups is 1. The second-order valence-electron chi connectivity index (χ2n) is 2.15. The van der Waals surface area contributed by atoms with Crippen molar-refractivity contribution in [1.29, 1.82) is 0 Å². The Hall–Kier alpha value is -1.02. The molecule has 0 atom stereocenters. The number of phenolic OH excluding ortho intramolecular Hbond substituents is 1. The molecule has 0 aliphatic carbocycles. The normalized spacial score (nSPS) is 13.7. The second-order valence-corrected chi connectivity index (χ2v) is 2.15. The molecule has 1 aromatic carbocycles. The van der Waals surface area contributed by atoms with Crippen molar-refractivity contribution >= 4 is 0 Å². The smallest absolute Gasteiger partial charge is 0.115 e. The van der Waals surface area contributed by atoms with E-state index in [0.717, 1.165) is 0 Å². The summed E-state index contributed by atoms with van der Waals surface area (Å²) in [5, 5.41) is 9.17. The van der Waals surface area contributed by atoms with Crippen molar-refractivity contribution in [2.24, 2.45) is 0 Å². The van der Waals surface area contributed by atoms with Crippen LogP contribution in [-0.2, 0) is 11.2 Å². The second kappa shape index (κ2) is 3.98. The summed E-state index contributed by atoms with van der Waals surface area (Å²) in [6.07, 6.45) is 0.417. The van der Waals surface area contributed by atoms with Crippen LogP contribution in [0.25, 0.3) is 0 Å². The standard InChI is InChI=1S/C9H12O2/c1-11-7-6-8-2-4-9(10)5-3-8/h2-5,10H,6-7H2,1H3/i2D,3D,4D. The van der Waals surface area contributed by atoms with Crippen LogP contribution in [0.15, 0.2) is 24.2 Å². The van der Waals surface area contributed by atoms with Gasteiger partial charge in [-0.15, -0.1) is 0 Å². The maximum atomic E-state index is 9.17. The van der Waals surface area contributed by atoms with Gasteiger partial charge in [0.2, 0.25) is 0 Å². The first-order chi connectivity index (χ1) is 6.57. The van der Waals surface area contributed by atoms with Gasteiger partial charge in [0.05, 0.1) is 10.7 Å². The molecular formula is C9H12O2. The average Bonchev–Trinajstić information content (AvgIpc) is 2.14. The van der Waals surface area contributed by atoms with Crippen LogP contribution in [0.4, 0.5) is 0 Å². The minimum atomic E-state index is -0.318. The molecule has 1 rings (SSSR count). The Labute approximate surface area is 70.6 Å². The zero-order chi connectivity index (χ0) is 10.7. The summed E-state index contributed by atoms with van der Waals surface area (Å²) in [5.74, 6) is -0.318. The zero-order valence-corrected chi connectivity index (χ0v) is 6.35. The minimum absolute atomic E-state index is 0.0838. The fraction of sp³-hybridized carbons (Fsp3) is 0.333. The predicted octanol–water partition coefficient (Wildman–Crippen LogP) is 1.58. The van der Waals surface area contributed by atoms with Gasteiger partial charge < -0.3 is 9.84 Å². The summed E-state index contributed by atoms with van der Waals surface area (Å²) in [6, 6.07) is 0.949. The van der Waals surface area contributed by atoms with E-state index in [1.165, 1.54) is 13.2 Å². The molecule has 0 aliphatic rings. The lowest BCUT2D eigenvalue weighted by Gasteiger charge is -1.99. The first kappa shape index (κ1) is 4.78. The molecule has 2 heteroatoms. The van der Waals surface area contributed by atoms with Crippen molar-refractivity contribution in [2.45, 2.75) is 6.42 Å². The third-order valence-electron chi connectivity index (χ3n) is 1.28. The van der Waals surface area contributed by atoms with E-state index in [2.05, 4.69) is 0 Å². The largest absolute Gasteiger partial charge is 0.508 e. The molecule has 0 saturated heterocycles. The SMILES string of the molecule is [2H]c1cc(O)c([2H])c([2H])c1CCOC. The molecule has 0 heterocycles. The number of hydrogen-bond donors (Lipinski definition) is 1. The number of methoxy groups -OCH3 is 1. The highest BCUT2D eigenvalue weighted by molar-refractivity contribution is 5.25. The molecule has 0 bridgehead atoms. The number of phenols is 1. The Morgan fingerprint density at radius 2 is 2.36 bits per heavy atom. The topological polar surface area (TPSA) is 29.5 Å². The highest BCUT2D eigenvalue weighted by atomic mass is 16.5. The van der Waals surface area contributed by atoms with Crippen LogP contribution in [-0.4, -0.2) is 18.8 Å². The first-order valence-corrected chi connectivity index (χ1v) is 3.35. The summed E-state index contributed by atoms with van der Waals surface area (Å²) in [6.45, 7) is 0.405. The van der Waals surface area contributed by atoms with Gasteiger partial charge in [0.15, 0.2) is 0 Å². The maximum absolute atomic E-state index is 9.17. The lowest BCUT2D eigenvalue weighted by Crippen LogP contribution is -1.93. The van der Waals surface area contributed by atoms with Crippen molar-refractivity contribution in [3.8, 4) is 5.75 Å². The van der Waals surface area contributed by atoms with E-state index >= 15 is 0 Å². The van der Waals surface area contributed by atoms with E-state index in [1.807, 2.05) is 0 Å². The summed E-state index contributed by atoms with van der Waals surface area (Å²) in [7, 11) is 1.54. The molecule has 0 aliphatic heterocycles. The molecule has 11 heavy (non-hydrogen) atoms. The van der Waals surface area contributed by atoms with Gasteiger partial charge in [-0.2, -0.15) is 0 Å². The lowest BCUT2D eigenvalue weighted by atomic mass is 10.1. The summed E-state index contributed by atoms with van der Waals surface area (Å²) < 4.78 is 27.2. The van der Waals surface area contributed by atoms with E-state index in [0.29, 0.717) is 18.6 Å². The van der Waals surface area contributed by atoms with Gasteiger partial charge in [0.1, 0.15) is 5.75 Å². The van der Waals surface area contributed by atoms with Gasteiger partial charge in [0.25, 0.3) is 0 Å². The monoisotopic (exact) mass is 155 g/mol. The molecule has 0 radical (unpaired) electrons. The summed E-state index contributed by atoms with van der Waals surface area (Å²) in [5.41, 5.74) is 0.439. The summed E-state index contributed by atoms with van der Waals surface area (Å²) in [4.78, 5) is 0. The Bertz CT molecular complexity index is 339. The van der Waals surface area contributed by atoms with Crippen LogP contribution in [0.3, 0.4) is 0 Å². The molecule has 0 unspecified atom stereocenters. The number of ether oxygens (including phenoxy) is 1. The molecule has 2 nitrogen and oxygen atoms in total. The van der Waals surface area contributed by atoms with Gasteiger partial charge in [0, 0.05) is 7.11 Å². The Kier molecular flexibility index (Phi) is 1.73. The highest BCUT2D eigenvalue weighted by Gasteiger charge is 1.91. The molecule has 0 amide bonds. The van der Waals surface area contributed by atoms with Gasteiger partial charge in [-0.1, -0.05) is 12.1 Å². The van der Waals surface area contributed by atoms with Crippen LogP contribution in [0.2, 0.25) is 0 Å². The predicted molar refractivity (Wildman–Crippen MR) is 43.7 cm³/mol. The van der Waals surface area contributed by atoms with Crippen LogP contribution < -0.4 is 0 Å². The van der Waals surface area contributed by atoms with Gasteiger partial charge in [-0.05, 0) is 24.1 Å². The van der Waals surface area contributed by atoms with Crippen LogP contribution in [0.5, 0.6) is 5.75 Å². The van der Waals surface area contributed by atoms with Crippen LogP contribution in [0.1, 0.15) is 9.68 Å². The molecular weight excluding hydrogens is 140 g/mol. The first-order valence-electron chi connectivity index (χ1n) is 4.85. The van der Waals surface area contributed by atoms with Crippen LogP contribution in [0, 0.1) is 0 Å². The molecule has 60 valence electrons. The Balaban J connectivity index is 3.09. The van der Waals surface area contributed by atoms with Crippen molar-refractivity contribution in [3.63, 3.8) is 0 Å². The third-order valence-corrected chi connectivity index (χ3v) is 1.28. The number of benzene rings is 1. The fourth-order valence-corrected chi connectivity index (χ4v) is 0.706. The molecule has 0 aromatic heterocycles. The van der Waals surface area contributed by atoms with Crippen molar-refractivity contribution in [3.05, 3.63) is 29.8 Å². The van der Waals surface area contributed by atoms with Gasteiger partial charge >= 0.3 is 0 Å². The van der Waals surface area contributed by atoms with Crippen molar-refractivity contribution in [1.82, 2.24) is 0 Å². The van der Waals surface area contributed by atoms with E-state index in [-0.39, 0.29) is 23.9 Å². The molecule has 0 saturated carbocycles. The molecule has 1 aromatic rings. The number of rotatable bonds is 3. The van der Waals surface area contributed by atoms with Gasteiger partial charge in [-0.3, -0.25) is 0 Å². The molecule has 0 spiro atoms. The van der Waals surface area contributed by atoms with Crippen LogP contribution >= 0.6 is 0 Å². The summed E-state index contributed by atoms with van der Waals surface area (Å²) >= 11 is 0. The zero-order valence-electron chi connectivity index (χ0n) is 9.35. The van der Waals surface area contributed by atoms with Crippen molar-refractivity contribution in [2.75, 3.05) is 13.7 Å². The number of hydrogen-bond acceptors (Lipinski definition) is 2.